The van der Waals surface area contributed by atoms with Crippen molar-refractivity contribution in [2.45, 2.75) is 19.6 Å². The minimum atomic E-state index is -2.92. The summed E-state index contributed by atoms with van der Waals surface area (Å²) in [7, 11) is 1.55. The molecule has 1 amide bonds. The van der Waals surface area contributed by atoms with Gasteiger partial charge in [-0.05, 0) is 60.5 Å². The van der Waals surface area contributed by atoms with Crippen LogP contribution in [-0.4, -0.2) is 24.2 Å². The first-order valence-electron chi connectivity index (χ1n) is 11.9. The van der Waals surface area contributed by atoms with Gasteiger partial charge in [0.1, 0.15) is 11.5 Å². The van der Waals surface area contributed by atoms with Gasteiger partial charge in [-0.3, -0.25) is 14.2 Å². The van der Waals surface area contributed by atoms with Crippen molar-refractivity contribution in [1.82, 2.24) is 4.57 Å². The van der Waals surface area contributed by atoms with Crippen LogP contribution in [0.4, 0.5) is 14.5 Å². The van der Waals surface area contributed by atoms with Gasteiger partial charge in [0.15, 0.2) is 4.80 Å². The first-order chi connectivity index (χ1) is 18.8. The summed E-state index contributed by atoms with van der Waals surface area (Å²) in [5.41, 5.74) is 2.40. The topological polar surface area (TPSA) is 81.9 Å². The second kappa shape index (κ2) is 11.0. The number of rotatable bonds is 7. The van der Waals surface area contributed by atoms with Gasteiger partial charge in [0.05, 0.1) is 29.0 Å². The van der Waals surface area contributed by atoms with Crippen molar-refractivity contribution in [3.8, 4) is 11.5 Å². The van der Waals surface area contributed by atoms with Crippen LogP contribution in [0, 0.1) is 0 Å². The van der Waals surface area contributed by atoms with Crippen molar-refractivity contribution < 1.29 is 23.0 Å². The molecule has 1 aliphatic rings. The van der Waals surface area contributed by atoms with Crippen molar-refractivity contribution in [2.24, 2.45) is 4.99 Å². The van der Waals surface area contributed by atoms with Crippen molar-refractivity contribution in [3.63, 3.8) is 0 Å². The summed E-state index contributed by atoms with van der Waals surface area (Å²) < 4.78 is 36.7. The van der Waals surface area contributed by atoms with Crippen LogP contribution >= 0.6 is 11.3 Å². The Morgan fingerprint density at radius 3 is 2.49 bits per heavy atom. The Morgan fingerprint density at radius 2 is 1.79 bits per heavy atom. The van der Waals surface area contributed by atoms with Crippen LogP contribution in [0.2, 0.25) is 0 Å². The lowest BCUT2D eigenvalue weighted by molar-refractivity contribution is -0.113. The highest BCUT2D eigenvalue weighted by atomic mass is 32.1. The molecule has 3 aromatic carbocycles. The van der Waals surface area contributed by atoms with E-state index in [4.69, 9.17) is 4.74 Å². The maximum absolute atomic E-state index is 13.8. The fourth-order valence-corrected chi connectivity index (χ4v) is 5.40. The highest BCUT2D eigenvalue weighted by molar-refractivity contribution is 7.07. The molecule has 1 aromatic heterocycles. The average Bonchev–Trinajstić information content (AvgIpc) is 3.23. The molecule has 4 aromatic rings. The van der Waals surface area contributed by atoms with E-state index in [9.17, 15) is 18.4 Å². The number of anilines is 1. The summed E-state index contributed by atoms with van der Waals surface area (Å²) in [4.78, 5) is 32.4. The summed E-state index contributed by atoms with van der Waals surface area (Å²) in [5, 5.41) is 2.91. The number of alkyl halides is 2. The molecule has 0 aliphatic carbocycles. The molecule has 0 saturated carbocycles. The molecule has 7 nitrogen and oxygen atoms in total. The molecular weight excluding hydrogens is 524 g/mol. The third-order valence-electron chi connectivity index (χ3n) is 6.11. The van der Waals surface area contributed by atoms with E-state index in [2.05, 4.69) is 15.0 Å². The van der Waals surface area contributed by atoms with Crippen molar-refractivity contribution in [3.05, 3.63) is 121 Å². The number of fused-ring (bicyclic) bond motifs is 1. The molecule has 0 radical (unpaired) electrons. The van der Waals surface area contributed by atoms with E-state index in [1.807, 2.05) is 24.3 Å². The van der Waals surface area contributed by atoms with Gasteiger partial charge in [-0.15, -0.1) is 0 Å². The molecular formula is C29H23F2N3O4S. The lowest BCUT2D eigenvalue weighted by atomic mass is 9.95. The zero-order valence-electron chi connectivity index (χ0n) is 20.9. The molecule has 1 N–H and O–H groups in total. The smallest absolute Gasteiger partial charge is 0.387 e. The Balaban J connectivity index is 1.62. The van der Waals surface area contributed by atoms with Crippen LogP contribution < -0.4 is 29.7 Å². The van der Waals surface area contributed by atoms with E-state index in [1.54, 1.807) is 62.6 Å². The van der Waals surface area contributed by atoms with Crippen molar-refractivity contribution >= 4 is 29.0 Å². The standard InChI is InChI=1S/C29H23F2N3O4S/c1-17-24(26(35)33-20-8-4-3-5-9-20)25(19-7-6-10-22(16-19)37-2)34-27(36)23(39-29(34)32-17)15-18-11-13-21(14-12-18)38-28(30)31/h3-16,25,28H,1-2H3,(H,33,35)/b23-15+/t25-/m0/s1. The number of halogens is 2. The summed E-state index contributed by atoms with van der Waals surface area (Å²) >= 11 is 1.18. The fraction of sp³-hybridized carbons (Fsp3) is 0.138. The van der Waals surface area contributed by atoms with E-state index in [0.717, 1.165) is 0 Å². The summed E-state index contributed by atoms with van der Waals surface area (Å²) in [6.45, 7) is -1.18. The van der Waals surface area contributed by atoms with Crippen molar-refractivity contribution in [2.75, 3.05) is 12.4 Å². The van der Waals surface area contributed by atoms with E-state index in [0.29, 0.717) is 43.2 Å². The molecule has 2 heterocycles. The number of aromatic nitrogens is 1. The second-order valence-electron chi connectivity index (χ2n) is 8.63. The molecule has 0 bridgehead atoms. The van der Waals surface area contributed by atoms with Gasteiger partial charge in [-0.1, -0.05) is 53.8 Å². The van der Waals surface area contributed by atoms with Crippen LogP contribution in [0.1, 0.15) is 24.1 Å². The van der Waals surface area contributed by atoms with Crippen LogP contribution in [0.5, 0.6) is 11.5 Å². The minimum absolute atomic E-state index is 0.0197. The van der Waals surface area contributed by atoms with Crippen LogP contribution in [0.3, 0.4) is 0 Å². The maximum Gasteiger partial charge on any atom is 0.387 e. The molecule has 1 aliphatic heterocycles. The number of hydrogen-bond acceptors (Lipinski definition) is 6. The molecule has 5 rings (SSSR count). The van der Waals surface area contributed by atoms with Gasteiger partial charge in [-0.25, -0.2) is 4.99 Å². The van der Waals surface area contributed by atoms with Gasteiger partial charge >= 0.3 is 6.61 Å². The number of benzene rings is 3. The highest BCUT2D eigenvalue weighted by Gasteiger charge is 2.32. The number of para-hydroxylation sites is 1. The summed E-state index contributed by atoms with van der Waals surface area (Å²) in [6, 6.07) is 21.5. The third kappa shape index (κ3) is 5.51. The normalized spacial score (nSPS) is 15.1. The maximum atomic E-state index is 13.8. The van der Waals surface area contributed by atoms with E-state index in [1.165, 1.54) is 28.0 Å². The minimum Gasteiger partial charge on any atom is -0.497 e. The van der Waals surface area contributed by atoms with Gasteiger partial charge in [-0.2, -0.15) is 8.78 Å². The molecule has 0 saturated heterocycles. The number of nitrogens with zero attached hydrogens (tertiary/aromatic N) is 2. The predicted molar refractivity (Wildman–Crippen MR) is 145 cm³/mol. The molecule has 10 heteroatoms. The first-order valence-corrected chi connectivity index (χ1v) is 12.7. The number of carbonyl (C=O) groups is 1. The Labute approximate surface area is 226 Å². The quantitative estimate of drug-likeness (QED) is 0.370. The number of methoxy groups -OCH3 is 1. The Kier molecular flexibility index (Phi) is 7.38. The number of carbonyl (C=O) groups excluding carboxylic acids is 1. The number of nitrogens with one attached hydrogen (secondary N) is 1. The zero-order chi connectivity index (χ0) is 27.5. The van der Waals surface area contributed by atoms with E-state index >= 15 is 0 Å². The number of thiazole rings is 1. The van der Waals surface area contributed by atoms with Gasteiger partial charge < -0.3 is 14.8 Å². The largest absolute Gasteiger partial charge is 0.497 e. The molecule has 0 spiro atoms. The lowest BCUT2D eigenvalue weighted by Gasteiger charge is -2.25. The predicted octanol–water partition coefficient (Wildman–Crippen LogP) is 4.48. The third-order valence-corrected chi connectivity index (χ3v) is 7.09. The number of hydrogen-bond donors (Lipinski definition) is 1. The van der Waals surface area contributed by atoms with Gasteiger partial charge in [0, 0.05) is 5.69 Å². The van der Waals surface area contributed by atoms with Crippen molar-refractivity contribution in [1.29, 1.82) is 0 Å². The van der Waals surface area contributed by atoms with Crippen LogP contribution in [0.15, 0.2) is 99.9 Å². The molecule has 1 atom stereocenters. The molecule has 198 valence electrons. The highest BCUT2D eigenvalue weighted by Crippen LogP contribution is 2.32. The lowest BCUT2D eigenvalue weighted by Crippen LogP contribution is -2.40. The second-order valence-corrected chi connectivity index (χ2v) is 9.64. The fourth-order valence-electron chi connectivity index (χ4n) is 4.36. The molecule has 0 unspecified atom stereocenters. The van der Waals surface area contributed by atoms with Crippen LogP contribution in [-0.2, 0) is 4.79 Å². The molecule has 39 heavy (non-hydrogen) atoms. The first kappa shape index (κ1) is 26.1. The van der Waals surface area contributed by atoms with E-state index in [-0.39, 0.29) is 17.2 Å². The number of ether oxygens (including phenoxy) is 2. The summed E-state index contributed by atoms with van der Waals surface area (Å²) in [5.74, 6) is 0.226. The van der Waals surface area contributed by atoms with Crippen LogP contribution in [0.25, 0.3) is 6.08 Å². The van der Waals surface area contributed by atoms with E-state index < -0.39 is 12.7 Å². The molecule has 0 fully saturated rings. The Morgan fingerprint density at radius 1 is 1.05 bits per heavy atom. The average molecular weight is 548 g/mol. The van der Waals surface area contributed by atoms with Gasteiger partial charge in [0.2, 0.25) is 0 Å². The monoisotopic (exact) mass is 547 g/mol. The summed E-state index contributed by atoms with van der Waals surface area (Å²) in [6.07, 6.45) is 1.65. The Hall–Kier alpha value is -4.57. The number of amides is 1. The number of allylic oxidation sites excluding steroid dienone is 1. The zero-order valence-corrected chi connectivity index (χ0v) is 21.7. The Bertz CT molecular complexity index is 1730. The SMILES string of the molecule is COc1cccc([C@H]2C(C(=O)Nc3ccccc3)=C(C)N=c3s/c(=C/c4ccc(OC(F)F)cc4)c(=O)n32)c1. The van der Waals surface area contributed by atoms with Gasteiger partial charge in [0.25, 0.3) is 11.5 Å².